The van der Waals surface area contributed by atoms with Crippen LogP contribution in [0.2, 0.25) is 10.0 Å². The lowest BCUT2D eigenvalue weighted by atomic mass is 10.2. The van der Waals surface area contributed by atoms with Crippen LogP contribution in [-0.2, 0) is 9.59 Å². The minimum Gasteiger partial charge on any atom is -0.482 e. The topological polar surface area (TPSA) is 49.9 Å². The molecule has 1 fully saturated rings. The molecule has 2 amide bonds. The second-order valence-electron chi connectivity index (χ2n) is 5.79. The monoisotopic (exact) mass is 390 g/mol. The maximum atomic E-state index is 12.5. The van der Waals surface area contributed by atoms with Gasteiger partial charge in [-0.2, -0.15) is 0 Å². The van der Waals surface area contributed by atoms with E-state index in [0.29, 0.717) is 27.4 Å². The van der Waals surface area contributed by atoms with Crippen LogP contribution in [-0.4, -0.2) is 59.0 Å². The van der Waals surface area contributed by atoms with Crippen LogP contribution >= 0.6 is 35.0 Å². The van der Waals surface area contributed by atoms with E-state index in [9.17, 15) is 9.59 Å². The molecule has 1 aromatic rings. The number of amides is 2. The van der Waals surface area contributed by atoms with Crippen LogP contribution in [0.1, 0.15) is 13.8 Å². The van der Waals surface area contributed by atoms with Crippen molar-refractivity contribution in [2.45, 2.75) is 25.9 Å². The third kappa shape index (κ3) is 4.49. The van der Waals surface area contributed by atoms with Gasteiger partial charge in [0, 0.05) is 23.9 Å². The number of carbonyl (C=O) groups is 2. The van der Waals surface area contributed by atoms with Crippen molar-refractivity contribution in [3.05, 3.63) is 28.2 Å². The molecular weight excluding hydrogens is 371 g/mol. The summed E-state index contributed by atoms with van der Waals surface area (Å²) in [4.78, 5) is 28.2. The minimum absolute atomic E-state index is 0.0483. The normalized spacial score (nSPS) is 17.2. The molecule has 1 heterocycles. The van der Waals surface area contributed by atoms with E-state index in [1.54, 1.807) is 46.8 Å². The summed E-state index contributed by atoms with van der Waals surface area (Å²) >= 11 is 13.4. The second kappa shape index (κ2) is 8.32. The Labute approximate surface area is 156 Å². The highest BCUT2D eigenvalue weighted by Crippen LogP contribution is 2.28. The summed E-state index contributed by atoms with van der Waals surface area (Å²) < 4.78 is 5.49. The maximum absolute atomic E-state index is 12.5. The van der Waals surface area contributed by atoms with Gasteiger partial charge >= 0.3 is 0 Å². The van der Waals surface area contributed by atoms with E-state index >= 15 is 0 Å². The Morgan fingerprint density at radius 3 is 2.75 bits per heavy atom. The molecule has 2 rings (SSSR count). The highest BCUT2D eigenvalue weighted by atomic mass is 35.5. The van der Waals surface area contributed by atoms with E-state index in [4.69, 9.17) is 27.9 Å². The van der Waals surface area contributed by atoms with E-state index < -0.39 is 6.04 Å². The lowest BCUT2D eigenvalue weighted by molar-refractivity contribution is -0.144. The van der Waals surface area contributed by atoms with Crippen molar-refractivity contribution < 1.29 is 14.3 Å². The SMILES string of the molecule is CC(C)N(C)C(=O)[C@@H]1CSCN1C(=O)COc1ccc(Cl)cc1Cl. The molecule has 0 spiro atoms. The number of nitrogens with zero attached hydrogens (tertiary/aromatic N) is 2. The number of hydrogen-bond donors (Lipinski definition) is 0. The van der Waals surface area contributed by atoms with Gasteiger partial charge < -0.3 is 14.5 Å². The van der Waals surface area contributed by atoms with Crippen molar-refractivity contribution in [3.63, 3.8) is 0 Å². The first-order valence-corrected chi connectivity index (χ1v) is 9.44. The molecule has 0 radical (unpaired) electrons. The predicted octanol–water partition coefficient (Wildman–Crippen LogP) is 3.14. The van der Waals surface area contributed by atoms with Gasteiger partial charge in [-0.25, -0.2) is 0 Å². The Bertz CT molecular complexity index is 627. The first kappa shape index (κ1) is 19.2. The van der Waals surface area contributed by atoms with Crippen LogP contribution in [0.3, 0.4) is 0 Å². The first-order chi connectivity index (χ1) is 11.3. The number of halogens is 2. The molecule has 0 aromatic heterocycles. The van der Waals surface area contributed by atoms with Gasteiger partial charge in [0.2, 0.25) is 5.91 Å². The highest BCUT2D eigenvalue weighted by molar-refractivity contribution is 7.99. The number of thioether (sulfide) groups is 1. The van der Waals surface area contributed by atoms with Crippen LogP contribution < -0.4 is 4.74 Å². The van der Waals surface area contributed by atoms with Gasteiger partial charge in [0.15, 0.2) is 6.61 Å². The van der Waals surface area contributed by atoms with Crippen molar-refractivity contribution in [1.29, 1.82) is 0 Å². The van der Waals surface area contributed by atoms with E-state index in [1.165, 1.54) is 0 Å². The van der Waals surface area contributed by atoms with E-state index in [-0.39, 0.29) is 24.5 Å². The molecular formula is C16H20Cl2N2O3S. The number of likely N-dealkylation sites (N-methyl/N-ethyl adjacent to an activating group) is 1. The van der Waals surface area contributed by atoms with E-state index in [0.717, 1.165) is 0 Å². The molecule has 1 saturated heterocycles. The zero-order valence-electron chi connectivity index (χ0n) is 13.8. The van der Waals surface area contributed by atoms with Gasteiger partial charge in [-0.1, -0.05) is 23.2 Å². The Kier molecular flexibility index (Phi) is 6.66. The van der Waals surface area contributed by atoms with Crippen molar-refractivity contribution in [3.8, 4) is 5.75 Å². The van der Waals surface area contributed by atoms with Gasteiger partial charge in [0.1, 0.15) is 11.8 Å². The van der Waals surface area contributed by atoms with Gasteiger partial charge in [0.05, 0.1) is 10.9 Å². The molecule has 0 aliphatic carbocycles. The van der Waals surface area contributed by atoms with Crippen LogP contribution in [0.25, 0.3) is 0 Å². The van der Waals surface area contributed by atoms with Crippen molar-refractivity contribution >= 4 is 46.8 Å². The molecule has 24 heavy (non-hydrogen) atoms. The van der Waals surface area contributed by atoms with Crippen LogP contribution in [0, 0.1) is 0 Å². The molecule has 0 unspecified atom stereocenters. The summed E-state index contributed by atoms with van der Waals surface area (Å²) in [6.07, 6.45) is 0. The molecule has 0 N–H and O–H groups in total. The predicted molar refractivity (Wildman–Crippen MR) is 97.8 cm³/mol. The molecule has 1 aliphatic rings. The quantitative estimate of drug-likeness (QED) is 0.774. The molecule has 0 bridgehead atoms. The van der Waals surface area contributed by atoms with Gasteiger partial charge in [-0.3, -0.25) is 9.59 Å². The summed E-state index contributed by atoms with van der Waals surface area (Å²) in [6, 6.07) is 4.45. The lowest BCUT2D eigenvalue weighted by Crippen LogP contribution is -2.50. The molecule has 0 saturated carbocycles. The fourth-order valence-corrected chi connectivity index (χ4v) is 3.83. The average molecular weight is 391 g/mol. The molecule has 5 nitrogen and oxygen atoms in total. The third-order valence-electron chi connectivity index (χ3n) is 3.86. The molecule has 1 aliphatic heterocycles. The van der Waals surface area contributed by atoms with Crippen molar-refractivity contribution in [2.24, 2.45) is 0 Å². The summed E-state index contributed by atoms with van der Waals surface area (Å²) in [7, 11) is 1.75. The van der Waals surface area contributed by atoms with Crippen LogP contribution in [0.15, 0.2) is 18.2 Å². The number of benzene rings is 1. The van der Waals surface area contributed by atoms with E-state index in [1.807, 2.05) is 13.8 Å². The van der Waals surface area contributed by atoms with Crippen molar-refractivity contribution in [2.75, 3.05) is 25.3 Å². The number of carbonyl (C=O) groups excluding carboxylic acids is 2. The summed E-state index contributed by atoms with van der Waals surface area (Å²) in [5.74, 6) is 1.19. The fraction of sp³-hybridized carbons (Fsp3) is 0.500. The minimum atomic E-state index is -0.445. The highest BCUT2D eigenvalue weighted by Gasteiger charge is 2.36. The van der Waals surface area contributed by atoms with Gasteiger partial charge in [0.25, 0.3) is 5.91 Å². The second-order valence-corrected chi connectivity index (χ2v) is 7.63. The summed E-state index contributed by atoms with van der Waals surface area (Å²) in [5.41, 5.74) is 0. The largest absolute Gasteiger partial charge is 0.482 e. The third-order valence-corrected chi connectivity index (χ3v) is 5.40. The number of hydrogen-bond acceptors (Lipinski definition) is 4. The Balaban J connectivity index is 1.99. The molecule has 1 atom stereocenters. The smallest absolute Gasteiger partial charge is 0.261 e. The number of rotatable bonds is 5. The van der Waals surface area contributed by atoms with Gasteiger partial charge in [-0.05, 0) is 32.0 Å². The molecule has 1 aromatic carbocycles. The fourth-order valence-electron chi connectivity index (χ4n) is 2.20. The van der Waals surface area contributed by atoms with E-state index in [2.05, 4.69) is 0 Å². The first-order valence-electron chi connectivity index (χ1n) is 7.53. The maximum Gasteiger partial charge on any atom is 0.261 e. The Hall–Kier alpha value is -1.11. The summed E-state index contributed by atoms with van der Waals surface area (Å²) in [5, 5.41) is 0.843. The lowest BCUT2D eigenvalue weighted by Gasteiger charge is -2.29. The summed E-state index contributed by atoms with van der Waals surface area (Å²) in [6.45, 7) is 3.71. The Morgan fingerprint density at radius 2 is 2.12 bits per heavy atom. The zero-order valence-corrected chi connectivity index (χ0v) is 16.1. The molecule has 132 valence electrons. The zero-order chi connectivity index (χ0) is 17.9. The standard InChI is InChI=1S/C16H20Cl2N2O3S/c1-10(2)19(3)16(22)13-8-24-9-20(13)15(21)7-23-14-5-4-11(17)6-12(14)18/h4-6,10,13H,7-9H2,1-3H3/t13-/m0/s1. The van der Waals surface area contributed by atoms with Gasteiger partial charge in [-0.15, -0.1) is 11.8 Å². The number of ether oxygens (including phenoxy) is 1. The van der Waals surface area contributed by atoms with Crippen molar-refractivity contribution in [1.82, 2.24) is 9.80 Å². The Morgan fingerprint density at radius 1 is 1.42 bits per heavy atom. The van der Waals surface area contributed by atoms with Crippen LogP contribution in [0.4, 0.5) is 0 Å². The molecule has 8 heteroatoms. The average Bonchev–Trinajstić information content (AvgIpc) is 3.01. The van der Waals surface area contributed by atoms with Crippen LogP contribution in [0.5, 0.6) is 5.75 Å².